The molecule has 110 valence electrons. The van der Waals surface area contributed by atoms with E-state index in [9.17, 15) is 14.7 Å². The molecule has 1 aromatic carbocycles. The van der Waals surface area contributed by atoms with Crippen molar-refractivity contribution >= 4 is 12.0 Å². The molecule has 7 nitrogen and oxygen atoms in total. The minimum Gasteiger partial charge on any atom is -0.479 e. The molecule has 1 heterocycles. The van der Waals surface area contributed by atoms with Crippen LogP contribution in [0.25, 0.3) is 0 Å². The lowest BCUT2D eigenvalue weighted by molar-refractivity contribution is -0.139. The number of urea groups is 1. The first-order valence-electron chi connectivity index (χ1n) is 6.46. The van der Waals surface area contributed by atoms with E-state index in [-0.39, 0.29) is 0 Å². The van der Waals surface area contributed by atoms with E-state index in [1.807, 2.05) is 0 Å². The van der Waals surface area contributed by atoms with Gasteiger partial charge in [0.2, 0.25) is 0 Å². The summed E-state index contributed by atoms with van der Waals surface area (Å²) in [6.45, 7) is 0.873. The molecule has 2 rings (SSSR count). The third-order valence-electron chi connectivity index (χ3n) is 2.84. The maximum atomic E-state index is 11.7. The van der Waals surface area contributed by atoms with Crippen LogP contribution in [0.3, 0.4) is 0 Å². The largest absolute Gasteiger partial charge is 0.479 e. The van der Waals surface area contributed by atoms with Crippen molar-refractivity contribution in [3.05, 3.63) is 54.4 Å². The van der Waals surface area contributed by atoms with E-state index in [1.165, 1.54) is 0 Å². The second-order valence-corrected chi connectivity index (χ2v) is 4.35. The minimum atomic E-state index is -1.11. The number of nitrogens with one attached hydrogen (secondary N) is 2. The zero-order valence-electron chi connectivity index (χ0n) is 11.3. The van der Waals surface area contributed by atoms with Crippen molar-refractivity contribution in [1.29, 1.82) is 0 Å². The quantitative estimate of drug-likeness (QED) is 0.739. The Kier molecular flexibility index (Phi) is 4.92. The van der Waals surface area contributed by atoms with E-state index >= 15 is 0 Å². The predicted molar refractivity (Wildman–Crippen MR) is 75.6 cm³/mol. The average molecular weight is 288 g/mol. The second-order valence-electron chi connectivity index (χ2n) is 4.35. The number of aliphatic carboxylic acids is 1. The Balaban J connectivity index is 1.85. The fourth-order valence-corrected chi connectivity index (χ4v) is 1.83. The van der Waals surface area contributed by atoms with Crippen LogP contribution in [0.1, 0.15) is 11.6 Å². The molecule has 1 atom stereocenters. The van der Waals surface area contributed by atoms with E-state index in [1.54, 1.807) is 53.5 Å². The number of aromatic nitrogens is 2. The molecule has 0 aliphatic carbocycles. The van der Waals surface area contributed by atoms with Gasteiger partial charge >= 0.3 is 12.0 Å². The number of benzene rings is 1. The number of carboxylic acids is 1. The minimum absolute atomic E-state index is 0.356. The number of rotatable bonds is 6. The first kappa shape index (κ1) is 14.6. The zero-order valence-corrected chi connectivity index (χ0v) is 11.3. The lowest BCUT2D eigenvalue weighted by atomic mass is 10.1. The molecule has 0 unspecified atom stereocenters. The monoisotopic (exact) mass is 288 g/mol. The summed E-state index contributed by atoms with van der Waals surface area (Å²) >= 11 is 0. The SMILES string of the molecule is O=C(NCCn1cccn1)N[C@@H](C(=O)O)c1ccccc1. The highest BCUT2D eigenvalue weighted by Crippen LogP contribution is 2.12. The number of nitrogens with zero attached hydrogens (tertiary/aromatic N) is 2. The Morgan fingerprint density at radius 3 is 2.62 bits per heavy atom. The molecule has 2 aromatic rings. The van der Waals surface area contributed by atoms with Crippen molar-refractivity contribution in [3.8, 4) is 0 Å². The van der Waals surface area contributed by atoms with Crippen LogP contribution in [0, 0.1) is 0 Å². The van der Waals surface area contributed by atoms with Gasteiger partial charge in [0.1, 0.15) is 0 Å². The molecule has 21 heavy (non-hydrogen) atoms. The Morgan fingerprint density at radius 1 is 1.24 bits per heavy atom. The molecule has 0 saturated carbocycles. The van der Waals surface area contributed by atoms with Crippen LogP contribution >= 0.6 is 0 Å². The van der Waals surface area contributed by atoms with Crippen molar-refractivity contribution in [2.24, 2.45) is 0 Å². The number of carbonyl (C=O) groups is 2. The van der Waals surface area contributed by atoms with Gasteiger partial charge in [0.25, 0.3) is 0 Å². The highest BCUT2D eigenvalue weighted by atomic mass is 16.4. The fourth-order valence-electron chi connectivity index (χ4n) is 1.83. The van der Waals surface area contributed by atoms with Gasteiger partial charge in [-0.05, 0) is 11.6 Å². The fraction of sp³-hybridized carbons (Fsp3) is 0.214. The van der Waals surface area contributed by atoms with Gasteiger partial charge in [-0.25, -0.2) is 9.59 Å². The summed E-state index contributed by atoms with van der Waals surface area (Å²) in [6, 6.07) is 8.73. The van der Waals surface area contributed by atoms with E-state index < -0.39 is 18.0 Å². The third-order valence-corrected chi connectivity index (χ3v) is 2.84. The van der Waals surface area contributed by atoms with Gasteiger partial charge in [0, 0.05) is 18.9 Å². The maximum Gasteiger partial charge on any atom is 0.330 e. The summed E-state index contributed by atoms with van der Waals surface area (Å²) in [5.41, 5.74) is 0.521. The molecular weight excluding hydrogens is 272 g/mol. The molecule has 7 heteroatoms. The molecule has 0 bridgehead atoms. The van der Waals surface area contributed by atoms with Crippen LogP contribution in [0.15, 0.2) is 48.8 Å². The van der Waals surface area contributed by atoms with Crippen LogP contribution in [0.4, 0.5) is 4.79 Å². The average Bonchev–Trinajstić information content (AvgIpc) is 2.98. The van der Waals surface area contributed by atoms with E-state index in [0.29, 0.717) is 18.7 Å². The molecule has 0 aliphatic heterocycles. The summed E-state index contributed by atoms with van der Waals surface area (Å²) in [5.74, 6) is -1.11. The molecule has 0 radical (unpaired) electrons. The van der Waals surface area contributed by atoms with Gasteiger partial charge in [-0.3, -0.25) is 4.68 Å². The van der Waals surface area contributed by atoms with E-state index in [2.05, 4.69) is 15.7 Å². The van der Waals surface area contributed by atoms with Gasteiger partial charge in [-0.15, -0.1) is 0 Å². The lowest BCUT2D eigenvalue weighted by Gasteiger charge is -2.15. The Bertz CT molecular complexity index is 584. The number of hydrogen-bond acceptors (Lipinski definition) is 3. The summed E-state index contributed by atoms with van der Waals surface area (Å²) in [6.07, 6.45) is 3.43. The molecule has 0 saturated heterocycles. The Labute approximate surface area is 121 Å². The van der Waals surface area contributed by atoms with Gasteiger partial charge < -0.3 is 15.7 Å². The van der Waals surface area contributed by atoms with Crippen molar-refractivity contribution < 1.29 is 14.7 Å². The van der Waals surface area contributed by atoms with Gasteiger partial charge in [-0.1, -0.05) is 30.3 Å². The van der Waals surface area contributed by atoms with E-state index in [0.717, 1.165) is 0 Å². The van der Waals surface area contributed by atoms with Crippen molar-refractivity contribution in [2.75, 3.05) is 6.54 Å². The van der Waals surface area contributed by atoms with Crippen molar-refractivity contribution in [3.63, 3.8) is 0 Å². The standard InChI is InChI=1S/C14H16N4O3/c19-13(20)12(11-5-2-1-3-6-11)17-14(21)15-8-10-18-9-4-7-16-18/h1-7,9,12H,8,10H2,(H,19,20)(H2,15,17,21)/t12-/m1/s1. The summed E-state index contributed by atoms with van der Waals surface area (Å²) in [4.78, 5) is 23.0. The highest BCUT2D eigenvalue weighted by Gasteiger charge is 2.21. The third kappa shape index (κ3) is 4.34. The molecule has 0 fully saturated rings. The Morgan fingerprint density at radius 2 is 2.00 bits per heavy atom. The highest BCUT2D eigenvalue weighted by molar-refractivity contribution is 5.83. The zero-order chi connectivity index (χ0) is 15.1. The van der Waals surface area contributed by atoms with Crippen LogP contribution in [0.2, 0.25) is 0 Å². The Hall–Kier alpha value is -2.83. The number of carbonyl (C=O) groups excluding carboxylic acids is 1. The first-order valence-corrected chi connectivity index (χ1v) is 6.46. The molecule has 0 aliphatic rings. The number of hydrogen-bond donors (Lipinski definition) is 3. The summed E-state index contributed by atoms with van der Waals surface area (Å²) in [7, 11) is 0. The topological polar surface area (TPSA) is 96.3 Å². The smallest absolute Gasteiger partial charge is 0.330 e. The molecule has 3 N–H and O–H groups in total. The van der Waals surface area contributed by atoms with Crippen molar-refractivity contribution in [2.45, 2.75) is 12.6 Å². The van der Waals surface area contributed by atoms with E-state index in [4.69, 9.17) is 0 Å². The lowest BCUT2D eigenvalue weighted by Crippen LogP contribution is -2.41. The number of carboxylic acid groups (broad SMARTS) is 1. The number of amides is 2. The van der Waals surface area contributed by atoms with Gasteiger partial charge in [-0.2, -0.15) is 5.10 Å². The maximum absolute atomic E-state index is 11.7. The first-order chi connectivity index (χ1) is 10.2. The predicted octanol–water partition coefficient (Wildman–Crippen LogP) is 1.01. The van der Waals surface area contributed by atoms with Crippen LogP contribution in [0.5, 0.6) is 0 Å². The molecule has 2 amide bonds. The van der Waals surface area contributed by atoms with Gasteiger partial charge in [0.05, 0.1) is 6.54 Å². The molecule has 0 spiro atoms. The van der Waals surface area contributed by atoms with Crippen LogP contribution in [-0.2, 0) is 11.3 Å². The van der Waals surface area contributed by atoms with Crippen LogP contribution < -0.4 is 10.6 Å². The second kappa shape index (κ2) is 7.09. The van der Waals surface area contributed by atoms with Crippen molar-refractivity contribution in [1.82, 2.24) is 20.4 Å². The van der Waals surface area contributed by atoms with Gasteiger partial charge in [0.15, 0.2) is 6.04 Å². The van der Waals surface area contributed by atoms with Crippen LogP contribution in [-0.4, -0.2) is 33.4 Å². The summed E-state index contributed by atoms with van der Waals surface area (Å²) in [5, 5.41) is 18.2. The summed E-state index contributed by atoms with van der Waals surface area (Å²) < 4.78 is 1.67. The molecular formula is C14H16N4O3. The normalized spacial score (nSPS) is 11.6. The molecule has 1 aromatic heterocycles.